The lowest BCUT2D eigenvalue weighted by molar-refractivity contribution is 0.174. The van der Waals surface area contributed by atoms with Gasteiger partial charge in [0.2, 0.25) is 6.79 Å². The smallest absolute Gasteiger partial charge is 0.231 e. The number of aromatic nitrogens is 2. The number of benzene rings is 1. The van der Waals surface area contributed by atoms with Crippen molar-refractivity contribution in [3.63, 3.8) is 0 Å². The molecule has 3 heterocycles. The maximum absolute atomic E-state index is 5.89. The molecule has 0 saturated heterocycles. The molecule has 0 amide bonds. The molecule has 0 unspecified atom stereocenters. The number of nitrogen functional groups attached to an aromatic ring is 1. The van der Waals surface area contributed by atoms with E-state index in [0.717, 1.165) is 33.3 Å². The number of fused-ring (bicyclic) bond motifs is 1. The van der Waals surface area contributed by atoms with Crippen LogP contribution in [-0.4, -0.2) is 16.8 Å². The van der Waals surface area contributed by atoms with Crippen LogP contribution in [0.15, 0.2) is 41.9 Å². The van der Waals surface area contributed by atoms with Crippen molar-refractivity contribution in [3.05, 3.63) is 41.9 Å². The molecule has 1 aliphatic heterocycles. The molecule has 1 aliphatic rings. The van der Waals surface area contributed by atoms with Crippen LogP contribution in [0, 0.1) is 0 Å². The van der Waals surface area contributed by atoms with Crippen molar-refractivity contribution in [1.82, 2.24) is 9.97 Å². The molecule has 2 aromatic heterocycles. The molecule has 6 heteroatoms. The van der Waals surface area contributed by atoms with Gasteiger partial charge in [0.15, 0.2) is 11.5 Å². The Morgan fingerprint density at radius 1 is 1.14 bits per heavy atom. The fraction of sp³-hybridized carbons (Fsp3) is 0.0667. The molecular weight excluding hydrogens is 286 g/mol. The number of anilines is 1. The Morgan fingerprint density at radius 3 is 2.95 bits per heavy atom. The van der Waals surface area contributed by atoms with Gasteiger partial charge in [0.1, 0.15) is 10.8 Å². The second kappa shape index (κ2) is 4.75. The van der Waals surface area contributed by atoms with E-state index >= 15 is 0 Å². The molecule has 4 rings (SSSR count). The minimum Gasteiger partial charge on any atom is -0.454 e. The molecule has 5 nitrogen and oxygen atoms in total. The lowest BCUT2D eigenvalue weighted by atomic mass is 10.1. The van der Waals surface area contributed by atoms with Crippen molar-refractivity contribution in [3.8, 4) is 33.3 Å². The lowest BCUT2D eigenvalue weighted by Crippen LogP contribution is -1.93. The van der Waals surface area contributed by atoms with Crippen LogP contribution in [0.1, 0.15) is 0 Å². The van der Waals surface area contributed by atoms with Crippen molar-refractivity contribution in [2.24, 2.45) is 0 Å². The molecule has 0 aliphatic carbocycles. The predicted molar refractivity (Wildman–Crippen MR) is 81.3 cm³/mol. The SMILES string of the molecule is Nc1ncccc1-c1nc(-c2ccc3c(c2)OCO3)cs1. The molecular formula is C15H11N3O2S. The van der Waals surface area contributed by atoms with Gasteiger partial charge < -0.3 is 15.2 Å². The summed E-state index contributed by atoms with van der Waals surface area (Å²) in [6, 6.07) is 9.58. The van der Waals surface area contributed by atoms with Crippen LogP contribution in [0.2, 0.25) is 0 Å². The molecule has 0 fully saturated rings. The zero-order valence-electron chi connectivity index (χ0n) is 10.9. The number of ether oxygens (including phenoxy) is 2. The topological polar surface area (TPSA) is 70.3 Å². The third-order valence-electron chi connectivity index (χ3n) is 3.24. The number of thiazole rings is 1. The van der Waals surface area contributed by atoms with Crippen LogP contribution in [0.5, 0.6) is 11.5 Å². The highest BCUT2D eigenvalue weighted by atomic mass is 32.1. The molecule has 0 bridgehead atoms. The molecule has 104 valence electrons. The van der Waals surface area contributed by atoms with Crippen LogP contribution in [0.25, 0.3) is 21.8 Å². The van der Waals surface area contributed by atoms with Gasteiger partial charge >= 0.3 is 0 Å². The summed E-state index contributed by atoms with van der Waals surface area (Å²) in [4.78, 5) is 8.73. The van der Waals surface area contributed by atoms with E-state index in [-0.39, 0.29) is 6.79 Å². The largest absolute Gasteiger partial charge is 0.454 e. The van der Waals surface area contributed by atoms with Crippen LogP contribution < -0.4 is 15.2 Å². The molecule has 0 spiro atoms. The Balaban J connectivity index is 1.73. The second-order valence-electron chi connectivity index (χ2n) is 4.54. The number of rotatable bonds is 2. The first-order valence-corrected chi connectivity index (χ1v) is 7.25. The Hall–Kier alpha value is -2.60. The number of nitrogens with two attached hydrogens (primary N) is 1. The molecule has 1 aromatic carbocycles. The van der Waals surface area contributed by atoms with E-state index in [9.17, 15) is 0 Å². The Bertz CT molecular complexity index is 816. The van der Waals surface area contributed by atoms with Gasteiger partial charge in [0.05, 0.1) is 11.3 Å². The molecule has 0 atom stereocenters. The molecule has 21 heavy (non-hydrogen) atoms. The quantitative estimate of drug-likeness (QED) is 0.786. The average molecular weight is 297 g/mol. The fourth-order valence-electron chi connectivity index (χ4n) is 2.18. The van der Waals surface area contributed by atoms with E-state index in [0.29, 0.717) is 5.82 Å². The Kier molecular flexibility index (Phi) is 2.75. The summed E-state index contributed by atoms with van der Waals surface area (Å²) in [7, 11) is 0. The fourth-order valence-corrected chi connectivity index (χ4v) is 3.05. The van der Waals surface area contributed by atoms with E-state index in [4.69, 9.17) is 15.2 Å². The number of hydrogen-bond acceptors (Lipinski definition) is 6. The van der Waals surface area contributed by atoms with Gasteiger partial charge in [-0.15, -0.1) is 11.3 Å². The van der Waals surface area contributed by atoms with E-state index in [1.807, 2.05) is 35.7 Å². The van der Waals surface area contributed by atoms with E-state index in [1.165, 1.54) is 0 Å². The van der Waals surface area contributed by atoms with Gasteiger partial charge in [-0.3, -0.25) is 0 Å². The van der Waals surface area contributed by atoms with E-state index < -0.39 is 0 Å². The maximum atomic E-state index is 5.89. The van der Waals surface area contributed by atoms with Crippen LogP contribution >= 0.6 is 11.3 Å². The Labute approximate surface area is 125 Å². The normalized spacial score (nSPS) is 12.6. The van der Waals surface area contributed by atoms with Crippen LogP contribution in [0.4, 0.5) is 5.82 Å². The van der Waals surface area contributed by atoms with Gasteiger partial charge in [-0.05, 0) is 30.3 Å². The summed E-state index contributed by atoms with van der Waals surface area (Å²) in [6.07, 6.45) is 1.67. The van der Waals surface area contributed by atoms with E-state index in [2.05, 4.69) is 9.97 Å². The van der Waals surface area contributed by atoms with Crippen molar-refractivity contribution in [2.75, 3.05) is 12.5 Å². The third kappa shape index (κ3) is 2.09. The molecule has 2 N–H and O–H groups in total. The summed E-state index contributed by atoms with van der Waals surface area (Å²) >= 11 is 1.54. The maximum Gasteiger partial charge on any atom is 0.231 e. The summed E-state index contributed by atoms with van der Waals surface area (Å²) in [5.74, 6) is 2.01. The van der Waals surface area contributed by atoms with Gasteiger partial charge in [0, 0.05) is 17.1 Å². The van der Waals surface area contributed by atoms with Crippen LogP contribution in [-0.2, 0) is 0 Å². The third-order valence-corrected chi connectivity index (χ3v) is 4.12. The van der Waals surface area contributed by atoms with Crippen molar-refractivity contribution >= 4 is 17.2 Å². The van der Waals surface area contributed by atoms with Crippen LogP contribution in [0.3, 0.4) is 0 Å². The average Bonchev–Trinajstić information content (AvgIpc) is 3.16. The van der Waals surface area contributed by atoms with E-state index in [1.54, 1.807) is 17.5 Å². The molecule has 3 aromatic rings. The Morgan fingerprint density at radius 2 is 2.05 bits per heavy atom. The zero-order valence-corrected chi connectivity index (χ0v) is 11.8. The molecule has 0 saturated carbocycles. The van der Waals surface area contributed by atoms with Crippen molar-refractivity contribution < 1.29 is 9.47 Å². The highest BCUT2D eigenvalue weighted by Crippen LogP contribution is 2.37. The zero-order chi connectivity index (χ0) is 14.2. The van der Waals surface area contributed by atoms with Gasteiger partial charge in [-0.25, -0.2) is 9.97 Å². The van der Waals surface area contributed by atoms with Gasteiger partial charge in [-0.1, -0.05) is 0 Å². The van der Waals surface area contributed by atoms with Gasteiger partial charge in [-0.2, -0.15) is 0 Å². The van der Waals surface area contributed by atoms with Crippen molar-refractivity contribution in [1.29, 1.82) is 0 Å². The first kappa shape index (κ1) is 12.2. The number of nitrogens with zero attached hydrogens (tertiary/aromatic N) is 2. The minimum atomic E-state index is 0.271. The summed E-state index contributed by atoms with van der Waals surface area (Å²) < 4.78 is 10.7. The second-order valence-corrected chi connectivity index (χ2v) is 5.40. The van der Waals surface area contributed by atoms with Gasteiger partial charge in [0.25, 0.3) is 0 Å². The highest BCUT2D eigenvalue weighted by Gasteiger charge is 2.15. The first-order valence-electron chi connectivity index (χ1n) is 6.38. The summed E-state index contributed by atoms with van der Waals surface area (Å²) in [5, 5.41) is 2.85. The lowest BCUT2D eigenvalue weighted by Gasteiger charge is -2.01. The number of hydrogen-bond donors (Lipinski definition) is 1. The minimum absolute atomic E-state index is 0.271. The molecule has 0 radical (unpaired) electrons. The standard InChI is InChI=1S/C15H11N3O2S/c16-14-10(2-1-5-17-14)15-18-11(7-21-15)9-3-4-12-13(6-9)20-8-19-12/h1-7H,8H2,(H2,16,17). The predicted octanol–water partition coefficient (Wildman–Crippen LogP) is 3.18. The summed E-state index contributed by atoms with van der Waals surface area (Å²) in [6.45, 7) is 0.271. The summed E-state index contributed by atoms with van der Waals surface area (Å²) in [5.41, 5.74) is 8.63. The van der Waals surface area contributed by atoms with Crippen molar-refractivity contribution in [2.45, 2.75) is 0 Å². The highest BCUT2D eigenvalue weighted by molar-refractivity contribution is 7.13. The monoisotopic (exact) mass is 297 g/mol. The number of pyridine rings is 1. The first-order chi connectivity index (χ1) is 10.3.